The van der Waals surface area contributed by atoms with Crippen LogP contribution in [0.5, 0.6) is 0 Å². The van der Waals surface area contributed by atoms with Crippen LogP contribution in [0.2, 0.25) is 0 Å². The van der Waals surface area contributed by atoms with Crippen molar-refractivity contribution in [2.24, 2.45) is 11.8 Å². The maximum atomic E-state index is 10.8. The molecule has 2 aliphatic rings. The van der Waals surface area contributed by atoms with Crippen molar-refractivity contribution < 1.29 is 14.7 Å². The molecule has 2 N–H and O–H groups in total. The van der Waals surface area contributed by atoms with Crippen molar-refractivity contribution in [3.8, 4) is 0 Å². The molecule has 0 radical (unpaired) electrons. The number of hydrogen-bond donors (Lipinski definition) is 2. The van der Waals surface area contributed by atoms with E-state index in [4.69, 9.17) is 5.11 Å². The number of aliphatic carboxylic acids is 1. The topological polar surface area (TPSA) is 66.4 Å². The van der Waals surface area contributed by atoms with E-state index in [0.29, 0.717) is 13.0 Å². The third-order valence-electron chi connectivity index (χ3n) is 2.62. The van der Waals surface area contributed by atoms with Gasteiger partial charge in [-0.05, 0) is 0 Å². The first-order valence-corrected chi connectivity index (χ1v) is 3.69. The summed E-state index contributed by atoms with van der Waals surface area (Å²) in [5.41, 5.74) is 0. The van der Waals surface area contributed by atoms with Crippen LogP contribution in [-0.4, -0.2) is 29.4 Å². The van der Waals surface area contributed by atoms with E-state index in [9.17, 15) is 9.59 Å². The molecule has 0 spiro atoms. The second kappa shape index (κ2) is 2.04. The Kier molecular flexibility index (Phi) is 1.26. The molecule has 0 unspecified atom stereocenters. The normalized spacial score (nSPS) is 41.5. The lowest BCUT2D eigenvalue weighted by atomic mass is 9.72. The van der Waals surface area contributed by atoms with E-state index in [-0.39, 0.29) is 17.6 Å². The van der Waals surface area contributed by atoms with Crippen LogP contribution >= 0.6 is 0 Å². The van der Waals surface area contributed by atoms with Gasteiger partial charge in [0.1, 0.15) is 11.8 Å². The van der Waals surface area contributed by atoms with Gasteiger partial charge < -0.3 is 10.4 Å². The van der Waals surface area contributed by atoms with Crippen LogP contribution in [0.4, 0.5) is 0 Å². The number of rotatable bonds is 1. The number of nitrogens with one attached hydrogen (secondary N) is 1. The van der Waals surface area contributed by atoms with Crippen LogP contribution in [0.1, 0.15) is 6.42 Å². The Bertz CT molecular complexity index is 226. The highest BCUT2D eigenvalue weighted by atomic mass is 16.4. The summed E-state index contributed by atoms with van der Waals surface area (Å²) in [7, 11) is 0. The second-order valence-corrected chi connectivity index (χ2v) is 3.16. The van der Waals surface area contributed by atoms with E-state index < -0.39 is 12.0 Å². The average molecular weight is 155 g/mol. The van der Waals surface area contributed by atoms with Crippen LogP contribution in [-0.2, 0) is 9.59 Å². The summed E-state index contributed by atoms with van der Waals surface area (Å²) in [6.45, 7) is 0.556. The second-order valence-electron chi connectivity index (χ2n) is 3.16. The van der Waals surface area contributed by atoms with Crippen LogP contribution < -0.4 is 5.32 Å². The molecule has 60 valence electrons. The lowest BCUT2D eigenvalue weighted by Crippen LogP contribution is -2.43. The van der Waals surface area contributed by atoms with Gasteiger partial charge in [0.15, 0.2) is 0 Å². The lowest BCUT2D eigenvalue weighted by molar-refractivity contribution is -0.143. The highest BCUT2D eigenvalue weighted by molar-refractivity contribution is 5.91. The number of carbonyl (C=O) groups is 2. The summed E-state index contributed by atoms with van der Waals surface area (Å²) in [6.07, 6.45) is 0.453. The molecule has 0 amide bonds. The molecule has 1 aliphatic heterocycles. The molecule has 1 saturated carbocycles. The number of carboxylic acid groups (broad SMARTS) is 1. The highest BCUT2D eigenvalue weighted by Crippen LogP contribution is 2.37. The van der Waals surface area contributed by atoms with Crippen molar-refractivity contribution in [1.29, 1.82) is 0 Å². The monoisotopic (exact) mass is 155 g/mol. The van der Waals surface area contributed by atoms with Gasteiger partial charge in [0.25, 0.3) is 0 Å². The van der Waals surface area contributed by atoms with E-state index in [1.54, 1.807) is 0 Å². The Labute approximate surface area is 63.6 Å². The summed E-state index contributed by atoms with van der Waals surface area (Å²) in [5.74, 6) is -0.549. The molecule has 0 bridgehead atoms. The average Bonchev–Trinajstić information content (AvgIpc) is 2.25. The van der Waals surface area contributed by atoms with E-state index in [2.05, 4.69) is 5.32 Å². The summed E-state index contributed by atoms with van der Waals surface area (Å²) in [4.78, 5) is 21.4. The largest absolute Gasteiger partial charge is 0.480 e. The first-order valence-electron chi connectivity index (χ1n) is 3.69. The maximum absolute atomic E-state index is 10.8. The molecule has 1 saturated heterocycles. The van der Waals surface area contributed by atoms with Gasteiger partial charge in [-0.2, -0.15) is 0 Å². The highest BCUT2D eigenvalue weighted by Gasteiger charge is 2.51. The van der Waals surface area contributed by atoms with Crippen LogP contribution in [0, 0.1) is 11.8 Å². The van der Waals surface area contributed by atoms with Crippen LogP contribution in [0.25, 0.3) is 0 Å². The Balaban J connectivity index is 2.09. The number of Topliss-reactive ketones (excluding diaryl/α,β-unsaturated/α-hetero) is 1. The van der Waals surface area contributed by atoms with Gasteiger partial charge in [-0.15, -0.1) is 0 Å². The van der Waals surface area contributed by atoms with Gasteiger partial charge in [-0.1, -0.05) is 0 Å². The molecule has 2 rings (SSSR count). The number of hydrogen-bond acceptors (Lipinski definition) is 3. The summed E-state index contributed by atoms with van der Waals surface area (Å²) >= 11 is 0. The number of fused-ring (bicyclic) bond motifs is 1. The fourth-order valence-corrected chi connectivity index (χ4v) is 1.90. The van der Waals surface area contributed by atoms with Crippen molar-refractivity contribution in [3.63, 3.8) is 0 Å². The molecule has 0 aromatic rings. The molecule has 4 nitrogen and oxygen atoms in total. The Morgan fingerprint density at radius 1 is 1.64 bits per heavy atom. The first kappa shape index (κ1) is 6.79. The maximum Gasteiger partial charge on any atom is 0.321 e. The smallest absolute Gasteiger partial charge is 0.321 e. The van der Waals surface area contributed by atoms with Crippen molar-refractivity contribution in [1.82, 2.24) is 5.32 Å². The lowest BCUT2D eigenvalue weighted by Gasteiger charge is -2.29. The third-order valence-corrected chi connectivity index (χ3v) is 2.62. The minimum Gasteiger partial charge on any atom is -0.480 e. The fraction of sp³-hybridized carbons (Fsp3) is 0.714. The van der Waals surface area contributed by atoms with Crippen molar-refractivity contribution in [2.45, 2.75) is 12.5 Å². The molecule has 1 aliphatic carbocycles. The zero-order valence-electron chi connectivity index (χ0n) is 5.91. The van der Waals surface area contributed by atoms with Gasteiger partial charge >= 0.3 is 5.97 Å². The van der Waals surface area contributed by atoms with Crippen LogP contribution in [0.3, 0.4) is 0 Å². The standard InChI is InChI=1S/C7H9NO3/c9-5-1-3-4(5)2-8-6(3)7(10)11/h3-4,6,8H,1-2H2,(H,10,11)/t3-,4-,6-/m0/s1. The van der Waals surface area contributed by atoms with E-state index in [0.717, 1.165) is 0 Å². The number of carbonyl (C=O) groups excluding carboxylic acids is 1. The number of carboxylic acids is 1. The van der Waals surface area contributed by atoms with E-state index in [1.165, 1.54) is 0 Å². The van der Waals surface area contributed by atoms with E-state index >= 15 is 0 Å². The van der Waals surface area contributed by atoms with Gasteiger partial charge in [-0.3, -0.25) is 9.59 Å². The summed E-state index contributed by atoms with van der Waals surface area (Å²) < 4.78 is 0. The Morgan fingerprint density at radius 2 is 2.36 bits per heavy atom. The molecule has 2 fully saturated rings. The summed E-state index contributed by atoms with van der Waals surface area (Å²) in [5, 5.41) is 11.5. The SMILES string of the molecule is O=C1C[C@H]2[C@@H]1CN[C@@H]2C(=O)O. The van der Waals surface area contributed by atoms with Gasteiger partial charge in [0, 0.05) is 24.8 Å². The van der Waals surface area contributed by atoms with Crippen molar-refractivity contribution in [2.75, 3.05) is 6.54 Å². The molecule has 4 heteroatoms. The minimum absolute atomic E-state index is 0.00361. The molecule has 1 heterocycles. The molecule has 3 atom stereocenters. The number of ketones is 1. The summed E-state index contributed by atoms with van der Waals surface area (Å²) in [6, 6.07) is -0.474. The Morgan fingerprint density at radius 3 is 2.82 bits per heavy atom. The molecular formula is C7H9NO3. The first-order chi connectivity index (χ1) is 5.20. The zero-order valence-corrected chi connectivity index (χ0v) is 5.91. The quantitative estimate of drug-likeness (QED) is 0.522. The molecule has 0 aromatic carbocycles. The van der Waals surface area contributed by atoms with Crippen LogP contribution in [0.15, 0.2) is 0 Å². The predicted octanol–water partition coefficient (Wildman–Crippen LogP) is -0.752. The Hall–Kier alpha value is -0.900. The van der Waals surface area contributed by atoms with Gasteiger partial charge in [0.05, 0.1) is 0 Å². The van der Waals surface area contributed by atoms with E-state index in [1.807, 2.05) is 0 Å². The van der Waals surface area contributed by atoms with Crippen molar-refractivity contribution >= 4 is 11.8 Å². The molecular weight excluding hydrogens is 146 g/mol. The minimum atomic E-state index is -0.829. The predicted molar refractivity (Wildman–Crippen MR) is 36.0 cm³/mol. The molecule has 0 aromatic heterocycles. The fourth-order valence-electron chi connectivity index (χ4n) is 1.90. The third kappa shape index (κ3) is 0.790. The van der Waals surface area contributed by atoms with Crippen molar-refractivity contribution in [3.05, 3.63) is 0 Å². The molecule has 11 heavy (non-hydrogen) atoms. The van der Waals surface area contributed by atoms with Gasteiger partial charge in [-0.25, -0.2) is 0 Å². The zero-order chi connectivity index (χ0) is 8.01. The van der Waals surface area contributed by atoms with Gasteiger partial charge in [0.2, 0.25) is 0 Å².